The molecule has 0 N–H and O–H groups in total. The maximum atomic E-state index is 12.2. The maximum Gasteiger partial charge on any atom is 0.344 e. The van der Waals surface area contributed by atoms with Gasteiger partial charge in [-0.1, -0.05) is 57.9 Å². The van der Waals surface area contributed by atoms with Gasteiger partial charge in [-0.2, -0.15) is 0 Å². The first kappa shape index (κ1) is 25.3. The zero-order valence-corrected chi connectivity index (χ0v) is 19.6. The molecular weight excluding hydrogens is 434 g/mol. The minimum atomic E-state index is -0.420. The summed E-state index contributed by atoms with van der Waals surface area (Å²) >= 11 is 0. The highest BCUT2D eigenvalue weighted by molar-refractivity contribution is 5.81. The molecule has 0 aromatic carbocycles. The van der Waals surface area contributed by atoms with Crippen molar-refractivity contribution in [2.24, 2.45) is 0 Å². The number of pyridine rings is 1. The molecule has 34 heavy (non-hydrogen) atoms. The summed E-state index contributed by atoms with van der Waals surface area (Å²) in [5.74, 6) is 0.188. The Morgan fingerprint density at radius 2 is 1.65 bits per heavy atom. The lowest BCUT2D eigenvalue weighted by molar-refractivity contribution is -0.137. The van der Waals surface area contributed by atoms with Crippen molar-refractivity contribution in [2.75, 3.05) is 13.2 Å². The number of unbranched alkanes of at least 4 members (excludes halogenated alkanes) is 9. The zero-order chi connectivity index (χ0) is 24.0. The maximum absolute atomic E-state index is 12.2. The lowest BCUT2D eigenvalue weighted by atomic mass is 10.1. The molecule has 0 amide bonds. The Labute approximate surface area is 199 Å². The Hall–Kier alpha value is -3.35. The normalized spacial score (nSPS) is 10.9. The molecule has 3 heterocycles. The fraction of sp³-hybridized carbons (Fsp3) is 0.444. The zero-order valence-electron chi connectivity index (χ0n) is 19.6. The molecule has 0 unspecified atom stereocenters. The van der Waals surface area contributed by atoms with E-state index < -0.39 is 5.63 Å². The van der Waals surface area contributed by atoms with Gasteiger partial charge < -0.3 is 18.3 Å². The van der Waals surface area contributed by atoms with E-state index in [9.17, 15) is 9.59 Å². The van der Waals surface area contributed by atoms with Crippen LogP contribution in [0.1, 0.15) is 64.2 Å². The van der Waals surface area contributed by atoms with Gasteiger partial charge in [0, 0.05) is 23.1 Å². The second-order valence-electron chi connectivity index (χ2n) is 8.28. The first-order valence-electron chi connectivity index (χ1n) is 12.1. The van der Waals surface area contributed by atoms with Crippen molar-refractivity contribution in [1.82, 2.24) is 4.98 Å². The predicted octanol–water partition coefficient (Wildman–Crippen LogP) is 6.46. The SMILES string of the molecule is C=CC(=O)OCCCCCCCCCCCCOc1cc2cc(-c3ccoc3)c(=O)oc2cn1. The minimum Gasteiger partial charge on any atom is -0.478 e. The predicted molar refractivity (Wildman–Crippen MR) is 131 cm³/mol. The summed E-state index contributed by atoms with van der Waals surface area (Å²) in [5, 5.41) is 0.763. The molecule has 3 rings (SSSR count). The van der Waals surface area contributed by atoms with Gasteiger partial charge in [0.15, 0.2) is 5.58 Å². The first-order chi connectivity index (χ1) is 16.7. The first-order valence-corrected chi connectivity index (χ1v) is 12.1. The second kappa shape index (κ2) is 14.0. The summed E-state index contributed by atoms with van der Waals surface area (Å²) in [6.45, 7) is 4.48. The van der Waals surface area contributed by atoms with Crippen LogP contribution in [-0.4, -0.2) is 24.2 Å². The summed E-state index contributed by atoms with van der Waals surface area (Å²) in [7, 11) is 0. The number of fused-ring (bicyclic) bond motifs is 1. The average Bonchev–Trinajstić information content (AvgIpc) is 3.38. The fourth-order valence-corrected chi connectivity index (χ4v) is 3.73. The molecular formula is C27H33NO6. The quantitative estimate of drug-likeness (QED) is 0.136. The van der Waals surface area contributed by atoms with Gasteiger partial charge in [-0.3, -0.25) is 0 Å². The lowest BCUT2D eigenvalue weighted by Crippen LogP contribution is -2.03. The summed E-state index contributed by atoms with van der Waals surface area (Å²) in [6, 6.07) is 5.30. The smallest absolute Gasteiger partial charge is 0.344 e. The van der Waals surface area contributed by atoms with Crippen LogP contribution in [-0.2, 0) is 9.53 Å². The summed E-state index contributed by atoms with van der Waals surface area (Å²) < 4.78 is 21.2. The van der Waals surface area contributed by atoms with Gasteiger partial charge in [0.1, 0.15) is 0 Å². The summed E-state index contributed by atoms with van der Waals surface area (Å²) in [5.41, 5.74) is 1.14. The number of carbonyl (C=O) groups is 1. The molecule has 0 aliphatic heterocycles. The van der Waals surface area contributed by atoms with Crippen LogP contribution in [0.4, 0.5) is 0 Å². The molecule has 0 spiro atoms. The van der Waals surface area contributed by atoms with Crippen molar-refractivity contribution in [3.8, 4) is 17.0 Å². The molecule has 0 radical (unpaired) electrons. The van der Waals surface area contributed by atoms with Gasteiger partial charge in [0.25, 0.3) is 0 Å². The van der Waals surface area contributed by atoms with Crippen LogP contribution in [0.2, 0.25) is 0 Å². The van der Waals surface area contributed by atoms with Crippen molar-refractivity contribution in [2.45, 2.75) is 64.2 Å². The Balaban J connectivity index is 1.25. The van der Waals surface area contributed by atoms with Gasteiger partial charge in [-0.05, 0) is 25.0 Å². The molecule has 0 atom stereocenters. The Kier molecular flexibility index (Phi) is 10.4. The standard InChI is InChI=1S/C27H33NO6/c1-2-26(29)33-15-12-10-8-6-4-3-5-7-9-11-14-32-25-18-22-17-23(21-13-16-31-20-21)27(30)34-24(22)19-28-25/h2,13,16-20H,1,3-12,14-15H2. The Morgan fingerprint density at radius 3 is 2.29 bits per heavy atom. The highest BCUT2D eigenvalue weighted by Crippen LogP contribution is 2.23. The van der Waals surface area contributed by atoms with Crippen LogP contribution in [0.5, 0.6) is 5.88 Å². The third-order valence-electron chi connectivity index (χ3n) is 5.63. The lowest BCUT2D eigenvalue weighted by Gasteiger charge is -2.07. The van der Waals surface area contributed by atoms with Crippen molar-refractivity contribution in [3.05, 3.63) is 60.0 Å². The van der Waals surface area contributed by atoms with Crippen LogP contribution in [0.15, 0.2) is 63.2 Å². The van der Waals surface area contributed by atoms with E-state index in [4.69, 9.17) is 18.3 Å². The van der Waals surface area contributed by atoms with Crippen molar-refractivity contribution in [1.29, 1.82) is 0 Å². The topological polar surface area (TPSA) is 91.8 Å². The van der Waals surface area contributed by atoms with E-state index in [0.717, 1.165) is 31.1 Å². The van der Waals surface area contributed by atoms with Crippen molar-refractivity contribution < 1.29 is 23.1 Å². The summed E-state index contributed by atoms with van der Waals surface area (Å²) in [6.07, 6.45) is 17.3. The molecule has 7 heteroatoms. The average molecular weight is 468 g/mol. The highest BCUT2D eigenvalue weighted by atomic mass is 16.5. The van der Waals surface area contributed by atoms with Gasteiger partial charge in [0.05, 0.1) is 37.5 Å². The van der Waals surface area contributed by atoms with E-state index in [1.165, 1.54) is 63.3 Å². The second-order valence-corrected chi connectivity index (χ2v) is 8.28. The number of aromatic nitrogens is 1. The third-order valence-corrected chi connectivity index (χ3v) is 5.63. The summed E-state index contributed by atoms with van der Waals surface area (Å²) in [4.78, 5) is 27.3. The van der Waals surface area contributed by atoms with E-state index >= 15 is 0 Å². The molecule has 0 fully saturated rings. The third kappa shape index (κ3) is 8.21. The van der Waals surface area contributed by atoms with Gasteiger partial charge in [0.2, 0.25) is 5.88 Å². The monoisotopic (exact) mass is 467 g/mol. The largest absolute Gasteiger partial charge is 0.478 e. The number of furan rings is 1. The molecule has 0 saturated heterocycles. The van der Waals surface area contributed by atoms with Gasteiger partial charge in [-0.25, -0.2) is 14.6 Å². The van der Waals surface area contributed by atoms with E-state index in [0.29, 0.717) is 35.8 Å². The number of hydrogen-bond donors (Lipinski definition) is 0. The number of ether oxygens (including phenoxy) is 2. The van der Waals surface area contributed by atoms with E-state index in [-0.39, 0.29) is 5.97 Å². The Morgan fingerprint density at radius 1 is 0.971 bits per heavy atom. The van der Waals surface area contributed by atoms with E-state index in [1.54, 1.807) is 18.2 Å². The minimum absolute atomic E-state index is 0.339. The van der Waals surface area contributed by atoms with Crippen LogP contribution < -0.4 is 10.4 Å². The number of esters is 1. The molecule has 182 valence electrons. The van der Waals surface area contributed by atoms with Crippen molar-refractivity contribution >= 4 is 16.9 Å². The number of nitrogens with zero attached hydrogens (tertiary/aromatic N) is 1. The molecule has 3 aromatic heterocycles. The molecule has 0 aliphatic carbocycles. The van der Waals surface area contributed by atoms with E-state index in [2.05, 4.69) is 11.6 Å². The molecule has 0 aliphatic rings. The Bertz CT molecular complexity index is 1090. The van der Waals surface area contributed by atoms with E-state index in [1.807, 2.05) is 0 Å². The number of carbonyl (C=O) groups excluding carboxylic acids is 1. The molecule has 0 saturated carbocycles. The van der Waals surface area contributed by atoms with Crippen LogP contribution >= 0.6 is 0 Å². The number of hydrogen-bond acceptors (Lipinski definition) is 7. The van der Waals surface area contributed by atoms with Crippen LogP contribution in [0.25, 0.3) is 22.1 Å². The fourth-order valence-electron chi connectivity index (χ4n) is 3.73. The molecule has 0 bridgehead atoms. The number of rotatable bonds is 16. The van der Waals surface area contributed by atoms with Crippen molar-refractivity contribution in [3.63, 3.8) is 0 Å². The highest BCUT2D eigenvalue weighted by Gasteiger charge is 2.10. The van der Waals surface area contributed by atoms with Crippen LogP contribution in [0, 0.1) is 0 Å². The van der Waals surface area contributed by atoms with Gasteiger partial charge in [-0.15, -0.1) is 0 Å². The molecule has 3 aromatic rings. The molecule has 7 nitrogen and oxygen atoms in total. The van der Waals surface area contributed by atoms with Gasteiger partial charge >= 0.3 is 11.6 Å². The van der Waals surface area contributed by atoms with Crippen LogP contribution in [0.3, 0.4) is 0 Å².